The van der Waals surface area contributed by atoms with Crippen molar-refractivity contribution in [2.75, 3.05) is 19.0 Å². The fraction of sp³-hybridized carbons (Fsp3) is 0.429. The van der Waals surface area contributed by atoms with Gasteiger partial charge in [-0.3, -0.25) is 4.79 Å². The lowest BCUT2D eigenvalue weighted by molar-refractivity contribution is -0.116. The van der Waals surface area contributed by atoms with Gasteiger partial charge in [0, 0.05) is 24.7 Å². The van der Waals surface area contributed by atoms with Crippen molar-refractivity contribution in [2.45, 2.75) is 25.3 Å². The molecule has 6 heteroatoms. The van der Waals surface area contributed by atoms with E-state index in [-0.39, 0.29) is 11.5 Å². The minimum absolute atomic E-state index is 0.101. The first kappa shape index (κ1) is 14.8. The Bertz CT molecular complexity index is 515. The minimum atomic E-state index is -0.526. The van der Waals surface area contributed by atoms with Crippen molar-refractivity contribution in [1.82, 2.24) is 5.32 Å². The van der Waals surface area contributed by atoms with Crippen LogP contribution in [-0.4, -0.2) is 31.6 Å². The summed E-state index contributed by atoms with van der Waals surface area (Å²) in [6, 6.07) is 5.32. The molecule has 1 aliphatic carbocycles. The summed E-state index contributed by atoms with van der Waals surface area (Å²) in [5.41, 5.74) is 0.772. The zero-order valence-electron chi connectivity index (χ0n) is 11.2. The van der Waals surface area contributed by atoms with Crippen LogP contribution in [0.1, 0.15) is 29.6 Å². The molecule has 0 aromatic heterocycles. The highest BCUT2D eigenvalue weighted by Crippen LogP contribution is 2.21. The Labute approximate surface area is 122 Å². The normalized spacial score (nSPS) is 13.9. The predicted octanol–water partition coefficient (Wildman–Crippen LogP) is 2.21. The standard InChI is InChI=1S/C14H17ClN2O3/c1-20-14(19)11-8-10(4-5-12(11)15)17-13(18)6-7-16-9-2-3-9/h4-5,8-9,16H,2-3,6-7H2,1H3,(H,17,18). The van der Waals surface area contributed by atoms with E-state index in [2.05, 4.69) is 15.4 Å². The van der Waals surface area contributed by atoms with E-state index in [0.29, 0.717) is 29.7 Å². The van der Waals surface area contributed by atoms with Gasteiger partial charge >= 0.3 is 5.97 Å². The van der Waals surface area contributed by atoms with Gasteiger partial charge in [-0.05, 0) is 31.0 Å². The van der Waals surface area contributed by atoms with E-state index in [1.165, 1.54) is 26.0 Å². The number of carbonyl (C=O) groups is 2. The zero-order valence-corrected chi connectivity index (χ0v) is 12.0. The quantitative estimate of drug-likeness (QED) is 0.790. The second kappa shape index (κ2) is 6.72. The maximum atomic E-state index is 11.7. The number of methoxy groups -OCH3 is 1. The maximum Gasteiger partial charge on any atom is 0.339 e. The third kappa shape index (κ3) is 4.21. The summed E-state index contributed by atoms with van der Waals surface area (Å²) in [5.74, 6) is -0.627. The van der Waals surface area contributed by atoms with Gasteiger partial charge in [0.15, 0.2) is 0 Å². The van der Waals surface area contributed by atoms with E-state index in [1.807, 2.05) is 0 Å². The van der Waals surface area contributed by atoms with Crippen molar-refractivity contribution in [2.24, 2.45) is 0 Å². The van der Waals surface area contributed by atoms with Gasteiger partial charge in [-0.2, -0.15) is 0 Å². The van der Waals surface area contributed by atoms with Crippen LogP contribution in [0.15, 0.2) is 18.2 Å². The van der Waals surface area contributed by atoms with Crippen molar-refractivity contribution in [1.29, 1.82) is 0 Å². The molecule has 108 valence electrons. The first-order valence-electron chi connectivity index (χ1n) is 6.51. The van der Waals surface area contributed by atoms with Crippen LogP contribution in [-0.2, 0) is 9.53 Å². The van der Waals surface area contributed by atoms with Crippen LogP contribution in [0.5, 0.6) is 0 Å². The van der Waals surface area contributed by atoms with Crippen LogP contribution in [0.4, 0.5) is 5.69 Å². The first-order chi connectivity index (χ1) is 9.60. The monoisotopic (exact) mass is 296 g/mol. The molecule has 1 fully saturated rings. The number of nitrogens with one attached hydrogen (secondary N) is 2. The van der Waals surface area contributed by atoms with E-state index in [1.54, 1.807) is 12.1 Å². The summed E-state index contributed by atoms with van der Waals surface area (Å²) in [7, 11) is 1.29. The molecule has 2 N–H and O–H groups in total. The Morgan fingerprint density at radius 3 is 2.80 bits per heavy atom. The number of esters is 1. The molecule has 20 heavy (non-hydrogen) atoms. The van der Waals surface area contributed by atoms with Crippen LogP contribution in [0.2, 0.25) is 5.02 Å². The smallest absolute Gasteiger partial charge is 0.339 e. The number of hydrogen-bond acceptors (Lipinski definition) is 4. The van der Waals surface area contributed by atoms with Gasteiger partial charge in [0.2, 0.25) is 5.91 Å². The summed E-state index contributed by atoms with van der Waals surface area (Å²) < 4.78 is 4.63. The molecule has 0 heterocycles. The average Bonchev–Trinajstić information content (AvgIpc) is 3.24. The number of anilines is 1. The Balaban J connectivity index is 1.90. The summed E-state index contributed by atoms with van der Waals surface area (Å²) in [6.45, 7) is 0.661. The number of benzene rings is 1. The van der Waals surface area contributed by atoms with Gasteiger partial charge in [-0.1, -0.05) is 11.6 Å². The molecule has 1 saturated carbocycles. The van der Waals surface area contributed by atoms with Gasteiger partial charge < -0.3 is 15.4 Å². The topological polar surface area (TPSA) is 67.4 Å². The molecule has 0 bridgehead atoms. The highest BCUT2D eigenvalue weighted by atomic mass is 35.5. The highest BCUT2D eigenvalue weighted by molar-refractivity contribution is 6.33. The van der Waals surface area contributed by atoms with E-state index in [0.717, 1.165) is 0 Å². The van der Waals surface area contributed by atoms with E-state index >= 15 is 0 Å². The second-order valence-corrected chi connectivity index (χ2v) is 5.12. The molecule has 1 aliphatic rings. The van der Waals surface area contributed by atoms with Crippen molar-refractivity contribution < 1.29 is 14.3 Å². The number of hydrogen-bond donors (Lipinski definition) is 2. The molecular formula is C14H17ClN2O3. The van der Waals surface area contributed by atoms with E-state index in [9.17, 15) is 9.59 Å². The Morgan fingerprint density at radius 1 is 1.40 bits per heavy atom. The van der Waals surface area contributed by atoms with Crippen molar-refractivity contribution in [3.63, 3.8) is 0 Å². The molecule has 2 rings (SSSR count). The van der Waals surface area contributed by atoms with Crippen molar-refractivity contribution in [3.05, 3.63) is 28.8 Å². The zero-order chi connectivity index (χ0) is 14.5. The molecule has 0 aliphatic heterocycles. The lowest BCUT2D eigenvalue weighted by Gasteiger charge is -2.08. The number of halogens is 1. The first-order valence-corrected chi connectivity index (χ1v) is 6.89. The third-order valence-electron chi connectivity index (χ3n) is 3.02. The molecule has 0 spiro atoms. The fourth-order valence-electron chi connectivity index (χ4n) is 1.77. The maximum absolute atomic E-state index is 11.7. The SMILES string of the molecule is COC(=O)c1cc(NC(=O)CCNC2CC2)ccc1Cl. The summed E-state index contributed by atoms with van der Waals surface area (Å²) >= 11 is 5.91. The molecule has 1 amide bonds. The number of rotatable bonds is 6. The minimum Gasteiger partial charge on any atom is -0.465 e. The largest absolute Gasteiger partial charge is 0.465 e. The lowest BCUT2D eigenvalue weighted by atomic mass is 10.2. The third-order valence-corrected chi connectivity index (χ3v) is 3.35. The molecule has 0 atom stereocenters. The van der Waals surface area contributed by atoms with Crippen molar-refractivity contribution >= 4 is 29.2 Å². The Morgan fingerprint density at radius 2 is 2.15 bits per heavy atom. The van der Waals surface area contributed by atoms with E-state index in [4.69, 9.17) is 11.6 Å². The Kier molecular flexibility index (Phi) is 4.98. The summed E-state index contributed by atoms with van der Waals surface area (Å²) in [6.07, 6.45) is 2.79. The molecule has 0 saturated heterocycles. The van der Waals surface area contributed by atoms with Gasteiger partial charge in [0.05, 0.1) is 17.7 Å². The number of amides is 1. The molecular weight excluding hydrogens is 280 g/mol. The van der Waals surface area contributed by atoms with E-state index < -0.39 is 5.97 Å². The van der Waals surface area contributed by atoms with Crippen LogP contribution in [0.25, 0.3) is 0 Å². The summed E-state index contributed by atoms with van der Waals surface area (Å²) in [4.78, 5) is 23.2. The molecule has 1 aromatic carbocycles. The molecule has 0 unspecified atom stereocenters. The van der Waals surface area contributed by atoms with Crippen LogP contribution >= 0.6 is 11.6 Å². The molecule has 0 radical (unpaired) electrons. The van der Waals surface area contributed by atoms with Gasteiger partial charge in [0.25, 0.3) is 0 Å². The summed E-state index contributed by atoms with van der Waals surface area (Å²) in [5, 5.41) is 6.30. The Hall–Kier alpha value is -1.59. The number of ether oxygens (including phenoxy) is 1. The van der Waals surface area contributed by atoms with Crippen LogP contribution < -0.4 is 10.6 Å². The van der Waals surface area contributed by atoms with Crippen LogP contribution in [0, 0.1) is 0 Å². The second-order valence-electron chi connectivity index (χ2n) is 4.71. The lowest BCUT2D eigenvalue weighted by Crippen LogP contribution is -2.23. The molecule has 5 nitrogen and oxygen atoms in total. The van der Waals surface area contributed by atoms with Gasteiger partial charge in [-0.25, -0.2) is 4.79 Å². The van der Waals surface area contributed by atoms with Gasteiger partial charge in [0.1, 0.15) is 0 Å². The molecule has 1 aromatic rings. The average molecular weight is 297 g/mol. The van der Waals surface area contributed by atoms with Gasteiger partial charge in [-0.15, -0.1) is 0 Å². The van der Waals surface area contributed by atoms with Crippen molar-refractivity contribution in [3.8, 4) is 0 Å². The number of carbonyl (C=O) groups excluding carboxylic acids is 2. The fourth-order valence-corrected chi connectivity index (χ4v) is 1.96. The highest BCUT2D eigenvalue weighted by Gasteiger charge is 2.20. The predicted molar refractivity (Wildman–Crippen MR) is 77.1 cm³/mol. The van der Waals surface area contributed by atoms with Crippen LogP contribution in [0.3, 0.4) is 0 Å².